The molecule has 0 unspecified atom stereocenters. The Kier molecular flexibility index (Phi) is 4.31. The lowest BCUT2D eigenvalue weighted by atomic mass is 10.1. The van der Waals surface area contributed by atoms with Crippen LogP contribution in [0.15, 0.2) is 18.2 Å². The van der Waals surface area contributed by atoms with Gasteiger partial charge in [0.15, 0.2) is 5.78 Å². The maximum atomic E-state index is 11.4. The molecular formula is C12H18N2O2. The first kappa shape index (κ1) is 12.5. The van der Waals surface area contributed by atoms with E-state index in [-0.39, 0.29) is 5.78 Å². The topological polar surface area (TPSA) is 55.6 Å². The number of ketones is 1. The minimum atomic E-state index is -0.0350. The summed E-state index contributed by atoms with van der Waals surface area (Å²) in [4.78, 5) is 13.4. The molecule has 4 nitrogen and oxygen atoms in total. The largest absolute Gasteiger partial charge is 0.491 e. The molecule has 0 aliphatic carbocycles. The number of hydrogen-bond donors (Lipinski definition) is 1. The van der Waals surface area contributed by atoms with Gasteiger partial charge in [-0.05, 0) is 39.2 Å². The number of ether oxygens (including phenoxy) is 1. The van der Waals surface area contributed by atoms with Crippen LogP contribution in [0, 0.1) is 0 Å². The molecule has 88 valence electrons. The van der Waals surface area contributed by atoms with Gasteiger partial charge in [-0.15, -0.1) is 0 Å². The quantitative estimate of drug-likeness (QED) is 0.604. The Labute approximate surface area is 96.0 Å². The predicted octanol–water partition coefficient (Wildman–Crippen LogP) is 1.41. The van der Waals surface area contributed by atoms with E-state index in [0.29, 0.717) is 23.6 Å². The number of nitrogens with zero attached hydrogens (tertiary/aromatic N) is 1. The van der Waals surface area contributed by atoms with Gasteiger partial charge in [0, 0.05) is 12.2 Å². The third-order valence-corrected chi connectivity index (χ3v) is 2.18. The molecule has 0 amide bonds. The molecule has 0 aromatic heterocycles. The van der Waals surface area contributed by atoms with Crippen molar-refractivity contribution < 1.29 is 9.53 Å². The molecule has 4 heteroatoms. The standard InChI is InChI=1S/C12H18N2O2/c1-9(15)11-8-10(13)4-5-12(11)16-7-6-14(2)3/h4-5,8H,6-7,13H2,1-3H3. The van der Waals surface area contributed by atoms with Crippen LogP contribution in [-0.4, -0.2) is 37.9 Å². The highest BCUT2D eigenvalue weighted by Gasteiger charge is 2.08. The molecule has 1 aromatic rings. The number of likely N-dealkylation sites (N-methyl/N-ethyl adjacent to an activating group) is 1. The number of benzene rings is 1. The van der Waals surface area contributed by atoms with E-state index < -0.39 is 0 Å². The van der Waals surface area contributed by atoms with Gasteiger partial charge in [0.2, 0.25) is 0 Å². The monoisotopic (exact) mass is 222 g/mol. The van der Waals surface area contributed by atoms with Crippen molar-refractivity contribution in [3.63, 3.8) is 0 Å². The molecule has 0 saturated heterocycles. The first-order valence-electron chi connectivity index (χ1n) is 5.18. The Morgan fingerprint density at radius 1 is 1.44 bits per heavy atom. The van der Waals surface area contributed by atoms with Crippen molar-refractivity contribution in [1.82, 2.24) is 4.90 Å². The highest BCUT2D eigenvalue weighted by atomic mass is 16.5. The molecule has 1 rings (SSSR count). The number of Topliss-reactive ketones (excluding diaryl/α,β-unsaturated/α-hetero) is 1. The van der Waals surface area contributed by atoms with Crippen LogP contribution in [0.4, 0.5) is 5.69 Å². The van der Waals surface area contributed by atoms with Crippen LogP contribution in [-0.2, 0) is 0 Å². The smallest absolute Gasteiger partial charge is 0.163 e. The van der Waals surface area contributed by atoms with Crippen LogP contribution in [0.5, 0.6) is 5.75 Å². The first-order chi connectivity index (χ1) is 7.50. The van der Waals surface area contributed by atoms with Crippen LogP contribution < -0.4 is 10.5 Å². The number of nitrogen functional groups attached to an aromatic ring is 1. The number of carbonyl (C=O) groups is 1. The van der Waals surface area contributed by atoms with Gasteiger partial charge in [0.1, 0.15) is 12.4 Å². The second-order valence-corrected chi connectivity index (χ2v) is 3.96. The predicted molar refractivity (Wildman–Crippen MR) is 64.9 cm³/mol. The Bertz CT molecular complexity index is 375. The van der Waals surface area contributed by atoms with Crippen molar-refractivity contribution in [1.29, 1.82) is 0 Å². The lowest BCUT2D eigenvalue weighted by Gasteiger charge is -2.13. The fourth-order valence-electron chi connectivity index (χ4n) is 1.29. The number of nitrogens with two attached hydrogens (primary N) is 1. The Hall–Kier alpha value is -1.55. The van der Waals surface area contributed by atoms with E-state index in [1.807, 2.05) is 19.0 Å². The molecule has 0 aliphatic rings. The molecule has 0 radical (unpaired) electrons. The lowest BCUT2D eigenvalue weighted by molar-refractivity contribution is 0.101. The van der Waals surface area contributed by atoms with Gasteiger partial charge in [-0.25, -0.2) is 0 Å². The van der Waals surface area contributed by atoms with E-state index in [1.165, 1.54) is 6.92 Å². The Morgan fingerprint density at radius 2 is 2.12 bits per heavy atom. The van der Waals surface area contributed by atoms with E-state index in [0.717, 1.165) is 6.54 Å². The minimum absolute atomic E-state index is 0.0350. The van der Waals surface area contributed by atoms with Gasteiger partial charge in [-0.2, -0.15) is 0 Å². The highest BCUT2D eigenvalue weighted by molar-refractivity contribution is 5.97. The fraction of sp³-hybridized carbons (Fsp3) is 0.417. The summed E-state index contributed by atoms with van der Waals surface area (Å²) >= 11 is 0. The summed E-state index contributed by atoms with van der Waals surface area (Å²) < 4.78 is 5.55. The van der Waals surface area contributed by atoms with E-state index in [4.69, 9.17) is 10.5 Å². The van der Waals surface area contributed by atoms with Gasteiger partial charge in [-0.1, -0.05) is 0 Å². The highest BCUT2D eigenvalue weighted by Crippen LogP contribution is 2.21. The number of hydrogen-bond acceptors (Lipinski definition) is 4. The second-order valence-electron chi connectivity index (χ2n) is 3.96. The van der Waals surface area contributed by atoms with E-state index in [9.17, 15) is 4.79 Å². The minimum Gasteiger partial charge on any atom is -0.491 e. The summed E-state index contributed by atoms with van der Waals surface area (Å²) in [5.41, 5.74) is 6.74. The van der Waals surface area contributed by atoms with Crippen molar-refractivity contribution in [2.24, 2.45) is 0 Å². The number of anilines is 1. The molecule has 0 heterocycles. The van der Waals surface area contributed by atoms with Crippen molar-refractivity contribution in [2.75, 3.05) is 33.0 Å². The van der Waals surface area contributed by atoms with Crippen molar-refractivity contribution >= 4 is 11.5 Å². The molecule has 2 N–H and O–H groups in total. The summed E-state index contributed by atoms with van der Waals surface area (Å²) in [7, 11) is 3.94. The van der Waals surface area contributed by atoms with E-state index in [2.05, 4.69) is 0 Å². The lowest BCUT2D eigenvalue weighted by Crippen LogP contribution is -2.20. The summed E-state index contributed by atoms with van der Waals surface area (Å²) in [6.07, 6.45) is 0. The zero-order chi connectivity index (χ0) is 12.1. The zero-order valence-electron chi connectivity index (χ0n) is 9.99. The van der Waals surface area contributed by atoms with Crippen LogP contribution in [0.1, 0.15) is 17.3 Å². The van der Waals surface area contributed by atoms with E-state index in [1.54, 1.807) is 18.2 Å². The molecule has 0 atom stereocenters. The first-order valence-corrected chi connectivity index (χ1v) is 5.18. The van der Waals surface area contributed by atoms with E-state index >= 15 is 0 Å². The molecule has 16 heavy (non-hydrogen) atoms. The fourth-order valence-corrected chi connectivity index (χ4v) is 1.29. The van der Waals surface area contributed by atoms with Crippen LogP contribution in [0.3, 0.4) is 0 Å². The number of carbonyl (C=O) groups excluding carboxylic acids is 1. The molecule has 0 aliphatic heterocycles. The zero-order valence-corrected chi connectivity index (χ0v) is 9.99. The maximum Gasteiger partial charge on any atom is 0.163 e. The maximum absolute atomic E-state index is 11.4. The van der Waals surface area contributed by atoms with Gasteiger partial charge in [0.25, 0.3) is 0 Å². The van der Waals surface area contributed by atoms with Gasteiger partial charge in [-0.3, -0.25) is 4.79 Å². The van der Waals surface area contributed by atoms with Crippen molar-refractivity contribution in [3.05, 3.63) is 23.8 Å². The summed E-state index contributed by atoms with van der Waals surface area (Å²) in [5, 5.41) is 0. The average Bonchev–Trinajstić information content (AvgIpc) is 2.19. The van der Waals surface area contributed by atoms with Crippen LogP contribution >= 0.6 is 0 Å². The molecular weight excluding hydrogens is 204 g/mol. The van der Waals surface area contributed by atoms with Crippen molar-refractivity contribution in [2.45, 2.75) is 6.92 Å². The molecule has 0 spiro atoms. The molecule has 0 saturated carbocycles. The Balaban J connectivity index is 2.75. The van der Waals surface area contributed by atoms with Gasteiger partial charge in [0.05, 0.1) is 5.56 Å². The third kappa shape index (κ3) is 3.55. The summed E-state index contributed by atoms with van der Waals surface area (Å²) in [6, 6.07) is 5.12. The average molecular weight is 222 g/mol. The normalized spacial score (nSPS) is 10.5. The third-order valence-electron chi connectivity index (χ3n) is 2.18. The Morgan fingerprint density at radius 3 is 2.69 bits per heavy atom. The van der Waals surface area contributed by atoms with Crippen molar-refractivity contribution in [3.8, 4) is 5.75 Å². The van der Waals surface area contributed by atoms with Gasteiger partial charge >= 0.3 is 0 Å². The molecule has 1 aromatic carbocycles. The molecule has 0 bridgehead atoms. The van der Waals surface area contributed by atoms with Crippen LogP contribution in [0.25, 0.3) is 0 Å². The second kappa shape index (κ2) is 5.51. The summed E-state index contributed by atoms with van der Waals surface area (Å²) in [6.45, 7) is 2.87. The SMILES string of the molecule is CC(=O)c1cc(N)ccc1OCCN(C)C. The number of rotatable bonds is 5. The van der Waals surface area contributed by atoms with Gasteiger partial charge < -0.3 is 15.4 Å². The van der Waals surface area contributed by atoms with Crippen LogP contribution in [0.2, 0.25) is 0 Å². The summed E-state index contributed by atoms with van der Waals surface area (Å²) in [5.74, 6) is 0.565. The molecule has 0 fully saturated rings.